The summed E-state index contributed by atoms with van der Waals surface area (Å²) in [5.41, 5.74) is 15.0. The van der Waals surface area contributed by atoms with Crippen molar-refractivity contribution in [2.24, 2.45) is 0 Å². The van der Waals surface area contributed by atoms with Crippen molar-refractivity contribution in [2.45, 2.75) is 13.8 Å². The zero-order valence-corrected chi connectivity index (χ0v) is 12.1. The van der Waals surface area contributed by atoms with Crippen LogP contribution in [-0.4, -0.2) is 9.97 Å². The Morgan fingerprint density at radius 1 is 1.16 bits per heavy atom. The van der Waals surface area contributed by atoms with Gasteiger partial charge >= 0.3 is 0 Å². The number of nitrogen functional groups attached to an aromatic ring is 2. The van der Waals surface area contributed by atoms with E-state index >= 15 is 0 Å². The molecule has 5 nitrogen and oxygen atoms in total. The van der Waals surface area contributed by atoms with Crippen LogP contribution in [0.2, 0.25) is 0 Å². The van der Waals surface area contributed by atoms with Crippen LogP contribution in [0, 0.1) is 25.2 Å². The monoisotopic (exact) mass is 317 g/mol. The molecule has 0 saturated carbocycles. The van der Waals surface area contributed by atoms with Gasteiger partial charge in [-0.15, -0.1) is 0 Å². The largest absolute Gasteiger partial charge is 0.382 e. The third kappa shape index (κ3) is 2.25. The maximum Gasteiger partial charge on any atom is 0.222 e. The van der Waals surface area contributed by atoms with Crippen molar-refractivity contribution in [1.29, 1.82) is 5.26 Å². The van der Waals surface area contributed by atoms with Gasteiger partial charge in [0.15, 0.2) is 0 Å². The molecule has 0 spiro atoms. The number of anilines is 2. The molecule has 1 aromatic heterocycles. The molecule has 2 aromatic rings. The second-order valence-electron chi connectivity index (χ2n) is 4.15. The van der Waals surface area contributed by atoms with E-state index in [1.165, 1.54) is 0 Å². The summed E-state index contributed by atoms with van der Waals surface area (Å²) in [6.07, 6.45) is 0. The minimum Gasteiger partial charge on any atom is -0.382 e. The fraction of sp³-hybridized carbons (Fsp3) is 0.154. The standard InChI is InChI=1S/C13H12BrN5/c1-6-7(2)10(14)4-3-8(6)11-9(5-15)12(16)19-13(17)18-11/h3-4H,1-2H3,(H4,16,17,18,19). The topological polar surface area (TPSA) is 102 Å². The van der Waals surface area contributed by atoms with Crippen LogP contribution in [-0.2, 0) is 0 Å². The Balaban J connectivity index is 2.80. The fourth-order valence-electron chi connectivity index (χ4n) is 1.85. The minimum absolute atomic E-state index is 0.0615. The molecule has 19 heavy (non-hydrogen) atoms. The number of nitriles is 1. The molecule has 96 valence electrons. The molecule has 0 aliphatic carbocycles. The summed E-state index contributed by atoms with van der Waals surface area (Å²) in [5, 5.41) is 9.21. The van der Waals surface area contributed by atoms with Crippen molar-refractivity contribution < 1.29 is 0 Å². The van der Waals surface area contributed by atoms with Gasteiger partial charge in [-0.05, 0) is 31.0 Å². The summed E-state index contributed by atoms with van der Waals surface area (Å²) in [5.74, 6) is 0.163. The highest BCUT2D eigenvalue weighted by molar-refractivity contribution is 9.10. The number of hydrogen-bond acceptors (Lipinski definition) is 5. The van der Waals surface area contributed by atoms with Crippen molar-refractivity contribution in [3.63, 3.8) is 0 Å². The van der Waals surface area contributed by atoms with E-state index in [4.69, 9.17) is 11.5 Å². The normalized spacial score (nSPS) is 10.2. The fourth-order valence-corrected chi connectivity index (χ4v) is 2.27. The number of hydrogen-bond donors (Lipinski definition) is 2. The second kappa shape index (κ2) is 4.86. The predicted molar refractivity (Wildman–Crippen MR) is 78.2 cm³/mol. The Hall–Kier alpha value is -2.13. The molecule has 2 rings (SSSR count). The van der Waals surface area contributed by atoms with Crippen molar-refractivity contribution in [3.8, 4) is 17.3 Å². The highest BCUT2D eigenvalue weighted by atomic mass is 79.9. The summed E-state index contributed by atoms with van der Waals surface area (Å²) in [6, 6.07) is 5.83. The van der Waals surface area contributed by atoms with E-state index in [9.17, 15) is 5.26 Å². The van der Waals surface area contributed by atoms with Crippen LogP contribution >= 0.6 is 15.9 Å². The van der Waals surface area contributed by atoms with Crippen LogP contribution in [0.1, 0.15) is 16.7 Å². The number of nitrogens with zero attached hydrogens (tertiary/aromatic N) is 3. The lowest BCUT2D eigenvalue weighted by molar-refractivity contribution is 1.17. The van der Waals surface area contributed by atoms with Gasteiger partial charge in [0.2, 0.25) is 5.95 Å². The van der Waals surface area contributed by atoms with E-state index in [0.717, 1.165) is 21.2 Å². The van der Waals surface area contributed by atoms with E-state index < -0.39 is 0 Å². The molecule has 6 heteroatoms. The summed E-state index contributed by atoms with van der Waals surface area (Å²) in [4.78, 5) is 7.97. The van der Waals surface area contributed by atoms with Gasteiger partial charge in [-0.1, -0.05) is 22.0 Å². The summed E-state index contributed by atoms with van der Waals surface area (Å²) < 4.78 is 1.00. The van der Waals surface area contributed by atoms with Crippen molar-refractivity contribution in [1.82, 2.24) is 9.97 Å². The summed E-state index contributed by atoms with van der Waals surface area (Å²) in [7, 11) is 0. The van der Waals surface area contributed by atoms with E-state index in [0.29, 0.717) is 5.69 Å². The van der Waals surface area contributed by atoms with E-state index in [1.54, 1.807) is 0 Å². The molecule has 0 amide bonds. The molecule has 0 saturated heterocycles. The number of halogens is 1. The summed E-state index contributed by atoms with van der Waals surface area (Å²) >= 11 is 3.47. The van der Waals surface area contributed by atoms with Crippen LogP contribution < -0.4 is 11.5 Å². The Kier molecular flexibility index (Phi) is 3.40. The zero-order chi connectivity index (χ0) is 14.2. The van der Waals surface area contributed by atoms with Gasteiger partial charge in [0.1, 0.15) is 17.5 Å². The molecule has 0 aliphatic heterocycles. The lowest BCUT2D eigenvalue weighted by atomic mass is 9.98. The molecule has 0 fully saturated rings. The molecular weight excluding hydrogens is 306 g/mol. The van der Waals surface area contributed by atoms with Gasteiger partial charge in [-0.25, -0.2) is 4.98 Å². The van der Waals surface area contributed by atoms with Crippen molar-refractivity contribution >= 4 is 27.7 Å². The Bertz CT molecular complexity index is 703. The maximum atomic E-state index is 9.21. The molecule has 1 aromatic carbocycles. The molecule has 0 atom stereocenters. The number of rotatable bonds is 1. The van der Waals surface area contributed by atoms with Crippen LogP contribution in [0.4, 0.5) is 11.8 Å². The van der Waals surface area contributed by atoms with Crippen molar-refractivity contribution in [3.05, 3.63) is 33.3 Å². The molecule has 0 bridgehead atoms. The summed E-state index contributed by atoms with van der Waals surface area (Å²) in [6.45, 7) is 3.95. The third-order valence-corrected chi connectivity index (χ3v) is 3.90. The Labute approximate surface area is 119 Å². The zero-order valence-electron chi connectivity index (χ0n) is 10.5. The van der Waals surface area contributed by atoms with Crippen LogP contribution in [0.15, 0.2) is 16.6 Å². The average molecular weight is 318 g/mol. The van der Waals surface area contributed by atoms with Crippen molar-refractivity contribution in [2.75, 3.05) is 11.5 Å². The third-order valence-electron chi connectivity index (χ3n) is 3.04. The predicted octanol–water partition coefficient (Wildman–Crippen LogP) is 2.56. The number of nitrogens with two attached hydrogens (primary N) is 2. The molecule has 1 heterocycles. The van der Waals surface area contributed by atoms with Gasteiger partial charge < -0.3 is 11.5 Å². The first-order valence-corrected chi connectivity index (χ1v) is 6.34. The highest BCUT2D eigenvalue weighted by Gasteiger charge is 2.16. The number of benzene rings is 1. The lowest BCUT2D eigenvalue weighted by Gasteiger charge is -2.12. The molecule has 0 aliphatic rings. The van der Waals surface area contributed by atoms with Gasteiger partial charge in [0.25, 0.3) is 0 Å². The SMILES string of the molecule is Cc1c(Br)ccc(-c2nc(N)nc(N)c2C#N)c1C. The van der Waals surface area contributed by atoms with E-state index in [2.05, 4.69) is 25.9 Å². The van der Waals surface area contributed by atoms with E-state index in [1.807, 2.05) is 32.0 Å². The first kappa shape index (κ1) is 13.3. The quantitative estimate of drug-likeness (QED) is 0.841. The second-order valence-corrected chi connectivity index (χ2v) is 5.00. The van der Waals surface area contributed by atoms with Crippen LogP contribution in [0.3, 0.4) is 0 Å². The van der Waals surface area contributed by atoms with Gasteiger partial charge in [0.05, 0.1) is 5.69 Å². The smallest absolute Gasteiger partial charge is 0.222 e. The first-order valence-electron chi connectivity index (χ1n) is 5.55. The molecule has 0 unspecified atom stereocenters. The van der Waals surface area contributed by atoms with Crippen LogP contribution in [0.5, 0.6) is 0 Å². The molecule has 4 N–H and O–H groups in total. The van der Waals surface area contributed by atoms with Crippen LogP contribution in [0.25, 0.3) is 11.3 Å². The van der Waals surface area contributed by atoms with Gasteiger partial charge in [-0.3, -0.25) is 0 Å². The Morgan fingerprint density at radius 3 is 2.47 bits per heavy atom. The average Bonchev–Trinajstić information content (AvgIpc) is 2.35. The van der Waals surface area contributed by atoms with E-state index in [-0.39, 0.29) is 17.3 Å². The first-order chi connectivity index (χ1) is 8.95. The molecular formula is C13H12BrN5. The lowest BCUT2D eigenvalue weighted by Crippen LogP contribution is -2.05. The highest BCUT2D eigenvalue weighted by Crippen LogP contribution is 2.32. The van der Waals surface area contributed by atoms with Gasteiger partial charge in [-0.2, -0.15) is 10.2 Å². The molecule has 0 radical (unpaired) electrons. The number of aromatic nitrogens is 2. The Morgan fingerprint density at radius 2 is 1.84 bits per heavy atom. The maximum absolute atomic E-state index is 9.21. The van der Waals surface area contributed by atoms with Gasteiger partial charge in [0, 0.05) is 10.0 Å². The minimum atomic E-state index is 0.0615.